The van der Waals surface area contributed by atoms with E-state index in [0.717, 1.165) is 36.1 Å². The van der Waals surface area contributed by atoms with Crippen molar-refractivity contribution in [3.05, 3.63) is 46.6 Å². The number of esters is 1. The number of allylic oxidation sites excluding steroid dienone is 5. The van der Waals surface area contributed by atoms with E-state index in [1.165, 1.54) is 0 Å². The lowest BCUT2D eigenvalue weighted by Gasteiger charge is -2.27. The predicted molar refractivity (Wildman–Crippen MR) is 181 cm³/mol. The summed E-state index contributed by atoms with van der Waals surface area (Å²) in [6.45, 7) is 9.32. The number of carboxylic acids is 3. The maximum atomic E-state index is 13.0. The van der Waals surface area contributed by atoms with Crippen LogP contribution in [0.3, 0.4) is 0 Å². The van der Waals surface area contributed by atoms with Gasteiger partial charge in [0.15, 0.2) is 0 Å². The highest BCUT2D eigenvalue weighted by molar-refractivity contribution is 5.81. The van der Waals surface area contributed by atoms with Crippen molar-refractivity contribution < 1.29 is 59.7 Å². The number of ether oxygens (including phenoxy) is 1. The third-order valence-electron chi connectivity index (χ3n) is 8.08. The second-order valence-electron chi connectivity index (χ2n) is 13.4. The molecule has 0 heterocycles. The van der Waals surface area contributed by atoms with Crippen molar-refractivity contribution in [3.8, 4) is 0 Å². The minimum atomic E-state index is -1.37. The SMILES string of the molecule is CC(=C\C(=O)O)/C=C(\C)CC(C)CCCCC(OC(=O)C(CO)C(O)CCCCC(C)(O)C/C(C)=C/C(C)=C/C(=O)O)C(CO)C(=O)O. The summed E-state index contributed by atoms with van der Waals surface area (Å²) in [5.41, 5.74) is 1.93. The first kappa shape index (κ1) is 44.7. The van der Waals surface area contributed by atoms with Crippen LogP contribution < -0.4 is 0 Å². The standard InChI is InChI=1S/C36H58O12/c1-23(15-24(2)16-25(3)18-32(40)41)11-7-8-13-31(29(22-38)34(44)45)48-35(46)28(21-37)30(39)12-9-10-14-36(6,47)20-27(5)17-26(4)19-33(42)43/h16-19,23,28-31,37-39,47H,7-15,20-22H2,1-6H3,(H,40,41)(H,42,43)(H,44,45)/b24-16+,25-18+,26-19+,27-17+. The van der Waals surface area contributed by atoms with Crippen LogP contribution in [0, 0.1) is 17.8 Å². The van der Waals surface area contributed by atoms with Crippen LogP contribution in [0.25, 0.3) is 0 Å². The van der Waals surface area contributed by atoms with Crippen LogP contribution in [0.1, 0.15) is 106 Å². The zero-order chi connectivity index (χ0) is 37.0. The van der Waals surface area contributed by atoms with Gasteiger partial charge in [-0.15, -0.1) is 0 Å². The van der Waals surface area contributed by atoms with E-state index in [0.29, 0.717) is 49.7 Å². The topological polar surface area (TPSA) is 219 Å². The van der Waals surface area contributed by atoms with Crippen LogP contribution >= 0.6 is 0 Å². The Kier molecular flexibility index (Phi) is 21.5. The molecule has 0 aromatic heterocycles. The molecule has 0 rings (SSSR count). The number of carboxylic acid groups (broad SMARTS) is 3. The Morgan fingerprint density at radius 3 is 1.73 bits per heavy atom. The van der Waals surface area contributed by atoms with E-state index in [1.54, 1.807) is 33.8 Å². The van der Waals surface area contributed by atoms with E-state index >= 15 is 0 Å². The van der Waals surface area contributed by atoms with Crippen LogP contribution in [-0.2, 0) is 23.9 Å². The lowest BCUT2D eigenvalue weighted by Crippen LogP contribution is -2.40. The Hall–Kier alpha value is -3.32. The van der Waals surface area contributed by atoms with Crippen molar-refractivity contribution in [1.29, 1.82) is 0 Å². The summed E-state index contributed by atoms with van der Waals surface area (Å²) in [7, 11) is 0. The average Bonchev–Trinajstić information content (AvgIpc) is 2.92. The van der Waals surface area contributed by atoms with Gasteiger partial charge in [0.2, 0.25) is 0 Å². The van der Waals surface area contributed by atoms with Crippen LogP contribution in [0.15, 0.2) is 46.6 Å². The fourth-order valence-corrected chi connectivity index (χ4v) is 5.89. The van der Waals surface area contributed by atoms with Gasteiger partial charge in [0.1, 0.15) is 17.9 Å². The summed E-state index contributed by atoms with van der Waals surface area (Å²) in [5.74, 6) is -6.78. The molecule has 0 aliphatic heterocycles. The number of carbonyl (C=O) groups is 4. The number of hydrogen-bond donors (Lipinski definition) is 7. The Bertz CT molecular complexity index is 1160. The fraction of sp³-hybridized carbons (Fsp3) is 0.667. The fourth-order valence-electron chi connectivity index (χ4n) is 5.89. The molecule has 0 radical (unpaired) electrons. The minimum absolute atomic E-state index is 0.121. The second-order valence-corrected chi connectivity index (χ2v) is 13.4. The van der Waals surface area contributed by atoms with E-state index in [-0.39, 0.29) is 18.8 Å². The molecule has 7 N–H and O–H groups in total. The van der Waals surface area contributed by atoms with Gasteiger partial charge < -0.3 is 40.5 Å². The van der Waals surface area contributed by atoms with E-state index in [2.05, 4.69) is 6.92 Å². The summed E-state index contributed by atoms with van der Waals surface area (Å²) >= 11 is 0. The number of aliphatic hydroxyl groups excluding tert-OH is 3. The second kappa shape index (κ2) is 23.1. The summed E-state index contributed by atoms with van der Waals surface area (Å²) < 4.78 is 5.50. The quantitative estimate of drug-likeness (QED) is 0.0299. The molecule has 6 atom stereocenters. The molecule has 0 amide bonds. The molecule has 0 bridgehead atoms. The summed E-state index contributed by atoms with van der Waals surface area (Å²) in [5, 5.41) is 68.5. The molecule has 6 unspecified atom stereocenters. The molecule has 12 heteroatoms. The van der Waals surface area contributed by atoms with E-state index in [9.17, 15) is 44.7 Å². The molecular weight excluding hydrogens is 624 g/mol. The van der Waals surface area contributed by atoms with Crippen LogP contribution in [0.4, 0.5) is 0 Å². The molecule has 0 aliphatic carbocycles. The highest BCUT2D eigenvalue weighted by Gasteiger charge is 2.35. The zero-order valence-electron chi connectivity index (χ0n) is 29.4. The lowest BCUT2D eigenvalue weighted by atomic mass is 9.89. The Labute approximate surface area is 284 Å². The Balaban J connectivity index is 5.11. The molecule has 48 heavy (non-hydrogen) atoms. The van der Waals surface area contributed by atoms with Gasteiger partial charge in [0.25, 0.3) is 0 Å². The highest BCUT2D eigenvalue weighted by atomic mass is 16.5. The summed E-state index contributed by atoms with van der Waals surface area (Å²) in [6, 6.07) is 0. The maximum absolute atomic E-state index is 13.0. The molecule has 0 spiro atoms. The van der Waals surface area contributed by atoms with Crippen molar-refractivity contribution >= 4 is 23.9 Å². The number of hydrogen-bond acceptors (Lipinski definition) is 9. The van der Waals surface area contributed by atoms with E-state index in [1.807, 2.05) is 13.0 Å². The van der Waals surface area contributed by atoms with E-state index < -0.39 is 66.7 Å². The molecule has 12 nitrogen and oxygen atoms in total. The minimum Gasteiger partial charge on any atom is -0.481 e. The first-order valence-electron chi connectivity index (χ1n) is 16.5. The van der Waals surface area contributed by atoms with Crippen molar-refractivity contribution in [2.24, 2.45) is 17.8 Å². The molecule has 0 aliphatic rings. The Morgan fingerprint density at radius 1 is 0.729 bits per heavy atom. The van der Waals surface area contributed by atoms with Crippen molar-refractivity contribution in [2.75, 3.05) is 13.2 Å². The first-order valence-corrected chi connectivity index (χ1v) is 16.5. The molecule has 0 saturated heterocycles. The van der Waals surface area contributed by atoms with Gasteiger partial charge in [0, 0.05) is 12.2 Å². The average molecular weight is 683 g/mol. The Morgan fingerprint density at radius 2 is 1.23 bits per heavy atom. The van der Waals surface area contributed by atoms with Crippen molar-refractivity contribution in [2.45, 2.75) is 124 Å². The van der Waals surface area contributed by atoms with Gasteiger partial charge in [-0.3, -0.25) is 9.59 Å². The van der Waals surface area contributed by atoms with Crippen LogP contribution in [0.2, 0.25) is 0 Å². The number of aliphatic hydroxyl groups is 4. The number of aliphatic carboxylic acids is 3. The van der Waals surface area contributed by atoms with Gasteiger partial charge in [-0.05, 0) is 90.2 Å². The maximum Gasteiger partial charge on any atom is 0.328 e. The summed E-state index contributed by atoms with van der Waals surface area (Å²) in [4.78, 5) is 46.5. The van der Waals surface area contributed by atoms with Gasteiger partial charge in [0.05, 0.1) is 24.9 Å². The molecule has 0 aromatic rings. The predicted octanol–water partition coefficient (Wildman–Crippen LogP) is 4.80. The largest absolute Gasteiger partial charge is 0.481 e. The lowest BCUT2D eigenvalue weighted by molar-refractivity contribution is -0.169. The number of carbonyl (C=O) groups excluding carboxylic acids is 1. The van der Waals surface area contributed by atoms with Gasteiger partial charge in [-0.25, -0.2) is 9.59 Å². The monoisotopic (exact) mass is 682 g/mol. The van der Waals surface area contributed by atoms with Crippen LogP contribution in [0.5, 0.6) is 0 Å². The van der Waals surface area contributed by atoms with Crippen molar-refractivity contribution in [3.63, 3.8) is 0 Å². The first-order chi connectivity index (χ1) is 22.3. The number of rotatable bonds is 25. The zero-order valence-corrected chi connectivity index (χ0v) is 29.4. The van der Waals surface area contributed by atoms with Gasteiger partial charge >= 0.3 is 23.9 Å². The molecule has 0 saturated carbocycles. The highest BCUT2D eigenvalue weighted by Crippen LogP contribution is 2.26. The van der Waals surface area contributed by atoms with Crippen molar-refractivity contribution in [1.82, 2.24) is 0 Å². The number of unbranched alkanes of at least 4 members (excludes halogenated alkanes) is 2. The van der Waals surface area contributed by atoms with Crippen LogP contribution in [-0.4, -0.2) is 90.6 Å². The smallest absolute Gasteiger partial charge is 0.328 e. The normalized spacial score (nSPS) is 17.5. The third-order valence-corrected chi connectivity index (χ3v) is 8.08. The van der Waals surface area contributed by atoms with Gasteiger partial charge in [-0.2, -0.15) is 0 Å². The van der Waals surface area contributed by atoms with Gasteiger partial charge in [-0.1, -0.05) is 55.9 Å². The molecule has 274 valence electrons. The molecule has 0 fully saturated rings. The molecule has 0 aromatic carbocycles. The summed E-state index contributed by atoms with van der Waals surface area (Å²) in [6.07, 6.45) is 7.88. The van der Waals surface area contributed by atoms with E-state index in [4.69, 9.17) is 14.9 Å². The third kappa shape index (κ3) is 20.1. The molecular formula is C36H58O12.